The summed E-state index contributed by atoms with van der Waals surface area (Å²) >= 11 is 0. The molecule has 0 radical (unpaired) electrons. The Morgan fingerprint density at radius 1 is 0.897 bits per heavy atom. The van der Waals surface area contributed by atoms with Crippen LogP contribution < -0.4 is 29.4 Å². The minimum absolute atomic E-state index is 0.146. The van der Waals surface area contributed by atoms with Crippen molar-refractivity contribution in [3.63, 3.8) is 0 Å². The van der Waals surface area contributed by atoms with E-state index < -0.39 is 0 Å². The number of aromatic amines is 1. The lowest BCUT2D eigenvalue weighted by molar-refractivity contribution is -0.129. The molecule has 1 aliphatic rings. The van der Waals surface area contributed by atoms with Gasteiger partial charge in [-0.1, -0.05) is 24.8 Å². The van der Waals surface area contributed by atoms with Gasteiger partial charge in [-0.25, -0.2) is 14.6 Å². The molecule has 3 aromatic heterocycles. The van der Waals surface area contributed by atoms with E-state index in [9.17, 15) is 9.59 Å². The Hall–Kier alpha value is -7.35. The number of likely N-dealkylation sites (tertiary alicyclic amines) is 1. The molecule has 1 fully saturated rings. The molecule has 14 heteroatoms. The van der Waals surface area contributed by atoms with E-state index in [1.54, 1.807) is 36.4 Å². The number of nitrogens with two attached hydrogens (primary N) is 1. The number of H-pyrrole nitrogens is 1. The zero-order valence-corrected chi connectivity index (χ0v) is 32.2. The second-order valence-corrected chi connectivity index (χ2v) is 13.8. The molecule has 8 rings (SSSR count). The third-order valence-electron chi connectivity index (χ3n) is 10.2. The van der Waals surface area contributed by atoms with Gasteiger partial charge in [0.2, 0.25) is 5.75 Å². The first-order valence-electron chi connectivity index (χ1n) is 18.6. The van der Waals surface area contributed by atoms with Crippen LogP contribution in [0.5, 0.6) is 34.5 Å². The van der Waals surface area contributed by atoms with E-state index >= 15 is 0 Å². The highest BCUT2D eigenvalue weighted by atomic mass is 16.5. The average molecular weight is 780 g/mol. The number of rotatable bonds is 13. The van der Waals surface area contributed by atoms with Crippen LogP contribution in [0.25, 0.3) is 33.2 Å². The normalized spacial score (nSPS) is 14.0. The van der Waals surface area contributed by atoms with Gasteiger partial charge < -0.3 is 39.3 Å². The molecule has 0 saturated carbocycles. The van der Waals surface area contributed by atoms with Gasteiger partial charge in [0, 0.05) is 58.5 Å². The first-order chi connectivity index (χ1) is 28.3. The molecule has 4 aromatic carbocycles. The van der Waals surface area contributed by atoms with E-state index in [0.29, 0.717) is 58.3 Å². The number of ketones is 1. The van der Waals surface area contributed by atoms with Crippen LogP contribution in [-0.4, -0.2) is 82.3 Å². The Morgan fingerprint density at radius 3 is 2.34 bits per heavy atom. The number of aromatic nitrogens is 5. The number of ether oxygens (including phenoxy) is 5. The Kier molecular flexibility index (Phi) is 10.4. The molecule has 4 heterocycles. The minimum atomic E-state index is -0.259. The SMILES string of the molecule is C=C(COc1c(OC)cc(C(=O)c2c[nH]c3cc(OC)ccc23)cc1OC)C(=O)N1CCC[C@@H](n2nc(-c3ccc(Oc4ccccc4)cc3)c3c(N)ncnc32)C1. The summed E-state index contributed by atoms with van der Waals surface area (Å²) in [6.45, 7) is 4.83. The first-order valence-corrected chi connectivity index (χ1v) is 18.6. The monoisotopic (exact) mass is 779 g/mol. The number of nitrogens with zero attached hydrogens (tertiary/aromatic N) is 5. The summed E-state index contributed by atoms with van der Waals surface area (Å²) in [4.78, 5) is 41.3. The number of amides is 1. The molecule has 1 aliphatic heterocycles. The Bertz CT molecular complexity index is 2630. The number of methoxy groups -OCH3 is 3. The lowest BCUT2D eigenvalue weighted by Crippen LogP contribution is -2.42. The maximum absolute atomic E-state index is 13.9. The molecule has 0 aliphatic carbocycles. The van der Waals surface area contributed by atoms with Gasteiger partial charge in [-0.05, 0) is 73.5 Å². The molecule has 1 amide bonds. The summed E-state index contributed by atoms with van der Waals surface area (Å²) in [7, 11) is 4.53. The second kappa shape index (κ2) is 16.0. The third-order valence-corrected chi connectivity index (χ3v) is 10.2. The highest BCUT2D eigenvalue weighted by molar-refractivity contribution is 6.17. The summed E-state index contributed by atoms with van der Waals surface area (Å²) in [6.07, 6.45) is 4.58. The van der Waals surface area contributed by atoms with Crippen molar-refractivity contribution >= 4 is 39.4 Å². The van der Waals surface area contributed by atoms with Gasteiger partial charge in [-0.2, -0.15) is 5.10 Å². The van der Waals surface area contributed by atoms with Crippen LogP contribution in [0.4, 0.5) is 5.82 Å². The van der Waals surface area contributed by atoms with Crippen LogP contribution in [0.2, 0.25) is 0 Å². The number of anilines is 1. The number of carbonyl (C=O) groups is 2. The zero-order chi connectivity index (χ0) is 40.3. The predicted molar refractivity (Wildman–Crippen MR) is 219 cm³/mol. The van der Waals surface area contributed by atoms with Crippen LogP contribution in [-0.2, 0) is 4.79 Å². The molecule has 294 valence electrons. The summed E-state index contributed by atoms with van der Waals surface area (Å²) < 4.78 is 30.6. The van der Waals surface area contributed by atoms with Crippen LogP contribution in [0.15, 0.2) is 110 Å². The van der Waals surface area contributed by atoms with Crippen molar-refractivity contribution in [3.05, 3.63) is 121 Å². The topological polar surface area (TPSA) is 169 Å². The molecule has 0 spiro atoms. The van der Waals surface area contributed by atoms with Crippen molar-refractivity contribution in [1.82, 2.24) is 29.6 Å². The standard InChI is InChI=1S/C44H41N7O7/c1-26(24-57-41-36(55-3)19-28(20-37(41)56-4)40(52)34-22-46-35-21-32(54-2)16-17-33(34)35)44(53)50-18-8-9-29(23-50)51-43-38(42(45)47-25-48-43)39(49-51)27-12-14-31(15-13-27)58-30-10-6-5-7-11-30/h5-7,10-17,19-22,25,29,46H,1,8-9,18,23-24H2,2-4H3,(H2,45,47,48)/t29-/m1/s1. The lowest BCUT2D eigenvalue weighted by Gasteiger charge is -2.33. The maximum atomic E-state index is 13.9. The summed E-state index contributed by atoms with van der Waals surface area (Å²) in [5.74, 6) is 2.68. The molecule has 1 atom stereocenters. The van der Waals surface area contributed by atoms with Gasteiger partial charge in [0.15, 0.2) is 22.9 Å². The summed E-state index contributed by atoms with van der Waals surface area (Å²) in [5.41, 5.74) is 10.3. The fourth-order valence-corrected chi connectivity index (χ4v) is 7.27. The quantitative estimate of drug-likeness (QED) is 0.0883. The van der Waals surface area contributed by atoms with Crippen LogP contribution in [0, 0.1) is 0 Å². The fourth-order valence-electron chi connectivity index (χ4n) is 7.27. The number of nitrogen functional groups attached to an aromatic ring is 1. The molecule has 0 unspecified atom stereocenters. The average Bonchev–Trinajstić information content (AvgIpc) is 3.88. The Morgan fingerprint density at radius 2 is 1.62 bits per heavy atom. The molecule has 58 heavy (non-hydrogen) atoms. The van der Waals surface area contributed by atoms with Crippen molar-refractivity contribution in [3.8, 4) is 45.8 Å². The molecule has 14 nitrogen and oxygen atoms in total. The van der Waals surface area contributed by atoms with Crippen molar-refractivity contribution in [1.29, 1.82) is 0 Å². The Balaban J connectivity index is 0.973. The Labute approximate surface area is 333 Å². The van der Waals surface area contributed by atoms with Crippen molar-refractivity contribution in [2.24, 2.45) is 0 Å². The van der Waals surface area contributed by atoms with E-state index in [0.717, 1.165) is 35.1 Å². The highest BCUT2D eigenvalue weighted by Crippen LogP contribution is 2.40. The first kappa shape index (κ1) is 37.6. The van der Waals surface area contributed by atoms with Crippen LogP contribution in [0.3, 0.4) is 0 Å². The van der Waals surface area contributed by atoms with Crippen molar-refractivity contribution < 1.29 is 33.3 Å². The van der Waals surface area contributed by atoms with Gasteiger partial charge in [-0.15, -0.1) is 0 Å². The number of para-hydroxylation sites is 1. The molecular formula is C44H41N7O7. The second-order valence-electron chi connectivity index (χ2n) is 13.8. The lowest BCUT2D eigenvalue weighted by atomic mass is 10.0. The number of carbonyl (C=O) groups excluding carboxylic acids is 2. The molecular weight excluding hydrogens is 739 g/mol. The molecule has 1 saturated heterocycles. The molecule has 7 aromatic rings. The molecule has 0 bridgehead atoms. The number of hydrogen-bond donors (Lipinski definition) is 2. The van der Waals surface area contributed by atoms with E-state index in [1.165, 1.54) is 20.5 Å². The number of hydrogen-bond acceptors (Lipinski definition) is 11. The number of piperidine rings is 1. The van der Waals surface area contributed by atoms with E-state index in [1.807, 2.05) is 71.4 Å². The summed E-state index contributed by atoms with van der Waals surface area (Å²) in [5, 5.41) is 6.40. The van der Waals surface area contributed by atoms with Crippen molar-refractivity contribution in [2.45, 2.75) is 18.9 Å². The third kappa shape index (κ3) is 7.22. The minimum Gasteiger partial charge on any atom is -0.497 e. The van der Waals surface area contributed by atoms with Crippen LogP contribution in [0.1, 0.15) is 34.8 Å². The van der Waals surface area contributed by atoms with Crippen molar-refractivity contribution in [2.75, 3.05) is 46.8 Å². The van der Waals surface area contributed by atoms with Crippen LogP contribution >= 0.6 is 0 Å². The van der Waals surface area contributed by atoms with Gasteiger partial charge in [0.25, 0.3) is 5.91 Å². The smallest absolute Gasteiger partial charge is 0.252 e. The highest BCUT2D eigenvalue weighted by Gasteiger charge is 2.30. The number of benzene rings is 4. The van der Waals surface area contributed by atoms with E-state index in [-0.39, 0.29) is 47.2 Å². The largest absolute Gasteiger partial charge is 0.497 e. The predicted octanol–water partition coefficient (Wildman–Crippen LogP) is 7.40. The number of fused-ring (bicyclic) bond motifs is 2. The van der Waals surface area contributed by atoms with E-state index in [2.05, 4.69) is 21.5 Å². The zero-order valence-electron chi connectivity index (χ0n) is 32.2. The summed E-state index contributed by atoms with van der Waals surface area (Å²) in [6, 6.07) is 25.6. The van der Waals surface area contributed by atoms with Gasteiger partial charge in [0.05, 0.1) is 32.8 Å². The van der Waals surface area contributed by atoms with Gasteiger partial charge in [-0.3, -0.25) is 9.59 Å². The van der Waals surface area contributed by atoms with Gasteiger partial charge in [0.1, 0.15) is 41.7 Å². The molecule has 3 N–H and O–H groups in total. The van der Waals surface area contributed by atoms with E-state index in [4.69, 9.17) is 34.5 Å². The maximum Gasteiger partial charge on any atom is 0.252 e. The fraction of sp³-hybridized carbons (Fsp3) is 0.205. The number of nitrogens with one attached hydrogen (secondary N) is 1. The van der Waals surface area contributed by atoms with Gasteiger partial charge >= 0.3 is 0 Å².